The minimum Gasteiger partial charge on any atom is -0.385 e. The summed E-state index contributed by atoms with van der Waals surface area (Å²) >= 11 is 1.59. The average Bonchev–Trinajstić information content (AvgIpc) is 3.67. The predicted molar refractivity (Wildman–Crippen MR) is 177 cm³/mol. The van der Waals surface area contributed by atoms with Gasteiger partial charge in [0.1, 0.15) is 31.8 Å². The number of hydrogen-bond donors (Lipinski definition) is 3. The number of sulfone groups is 1. The highest BCUT2D eigenvalue weighted by Gasteiger charge is 2.53. The zero-order valence-corrected chi connectivity index (χ0v) is 27.5. The van der Waals surface area contributed by atoms with Crippen LogP contribution in [0, 0.1) is 12.8 Å². The van der Waals surface area contributed by atoms with E-state index in [4.69, 9.17) is 19.7 Å². The Labute approximate surface area is 268 Å². The van der Waals surface area contributed by atoms with Gasteiger partial charge in [-0.15, -0.1) is 11.3 Å². The summed E-state index contributed by atoms with van der Waals surface area (Å²) in [6.45, 7) is 3.96. The van der Waals surface area contributed by atoms with E-state index in [-0.39, 0.29) is 12.4 Å². The van der Waals surface area contributed by atoms with Gasteiger partial charge in [0.25, 0.3) is 0 Å². The zero-order valence-electron chi connectivity index (χ0n) is 25.9. The second kappa shape index (κ2) is 11.9. The van der Waals surface area contributed by atoms with Gasteiger partial charge in [-0.25, -0.2) is 18.4 Å². The third-order valence-electron chi connectivity index (χ3n) is 9.39. The third kappa shape index (κ3) is 6.43. The van der Waals surface area contributed by atoms with Crippen LogP contribution in [0.5, 0.6) is 0 Å². The Hall–Kier alpha value is -3.19. The molecule has 3 aromatic heterocycles. The second-order valence-electron chi connectivity index (χ2n) is 13.2. The number of aryl methyl sites for hydroxylation is 1. The van der Waals surface area contributed by atoms with Gasteiger partial charge in [-0.1, -0.05) is 30.3 Å². The number of pyridine rings is 1. The summed E-state index contributed by atoms with van der Waals surface area (Å²) in [4.78, 5) is 19.6. The molecule has 7 rings (SSSR count). The number of nitrogens with one attached hydrogen (secondary N) is 2. The van der Waals surface area contributed by atoms with Gasteiger partial charge < -0.3 is 20.5 Å². The summed E-state index contributed by atoms with van der Waals surface area (Å²) in [5.41, 5.74) is 3.10. The van der Waals surface area contributed by atoms with Crippen LogP contribution in [-0.2, 0) is 21.2 Å². The highest BCUT2D eigenvalue weighted by atomic mass is 32.2. The van der Waals surface area contributed by atoms with Crippen LogP contribution >= 0.6 is 11.3 Å². The maximum absolute atomic E-state index is 12.5. The maximum atomic E-state index is 12.5. The van der Waals surface area contributed by atoms with Crippen LogP contribution in [0.15, 0.2) is 42.6 Å². The second-order valence-corrected chi connectivity index (χ2v) is 16.4. The van der Waals surface area contributed by atoms with E-state index in [1.165, 1.54) is 12.7 Å². The molecular weight excluding hydrogens is 609 g/mol. The van der Waals surface area contributed by atoms with Crippen LogP contribution in [-0.4, -0.2) is 69.3 Å². The Bertz CT molecular complexity index is 1800. The van der Waals surface area contributed by atoms with Gasteiger partial charge >= 0.3 is 0 Å². The SMILES string of the molecule is Cc1nc(NC2CCC2)nc(N[C@@H]2C[C@H](CS(C)(=O)=O)[C@@H](OCc3ccccc3)[C@@]2(C)O)c1-c1nc2c(C3CC3)nccc2s1. The van der Waals surface area contributed by atoms with Crippen molar-refractivity contribution >= 4 is 43.2 Å². The molecule has 3 saturated carbocycles. The topological polar surface area (TPSA) is 139 Å². The first-order chi connectivity index (χ1) is 21.5. The minimum absolute atomic E-state index is 0.0836. The molecule has 0 unspecified atom stereocenters. The molecule has 3 N–H and O–H groups in total. The standard InChI is InChI=1S/C33H40N6O4S2/c1-19-26(31-38-28-24(44-31)14-15-34-27(28)21-12-13-21)30(39-32(35-19)36-23-10-7-11-23)37-25-16-22(18-45(3,41)42)29(33(25,2)40)43-17-20-8-5-4-6-9-20/h4-6,8-9,14-15,21-23,25,29,40H,7,10-13,16-18H2,1-3H3,(H2,35,36,37,39)/t22-,25-,29-,33+/m1/s1. The third-order valence-corrected chi connectivity index (χ3v) is 11.5. The van der Waals surface area contributed by atoms with Gasteiger partial charge in [0, 0.05) is 30.3 Å². The monoisotopic (exact) mass is 648 g/mol. The van der Waals surface area contributed by atoms with E-state index in [2.05, 4.69) is 15.6 Å². The number of hydrogen-bond acceptors (Lipinski definition) is 11. The summed E-state index contributed by atoms with van der Waals surface area (Å²) in [6.07, 6.45) is 8.38. The molecule has 3 fully saturated rings. The molecule has 238 valence electrons. The van der Waals surface area contributed by atoms with E-state index >= 15 is 0 Å². The van der Waals surface area contributed by atoms with Gasteiger partial charge in [0.05, 0.1) is 46.2 Å². The first-order valence-corrected chi connectivity index (χ1v) is 18.7. The normalized spacial score (nSPS) is 25.4. The molecule has 0 aliphatic heterocycles. The Kier molecular flexibility index (Phi) is 8.04. The Morgan fingerprint density at radius 2 is 1.84 bits per heavy atom. The fraction of sp³-hybridized carbons (Fsp3) is 0.515. The molecule has 4 atom stereocenters. The molecule has 45 heavy (non-hydrogen) atoms. The lowest BCUT2D eigenvalue weighted by molar-refractivity contribution is -0.102. The number of thiazole rings is 1. The van der Waals surface area contributed by atoms with Crippen LogP contribution in [0.3, 0.4) is 0 Å². The molecule has 4 aromatic rings. The number of nitrogens with zero attached hydrogens (tertiary/aromatic N) is 4. The van der Waals surface area contributed by atoms with Crippen LogP contribution in [0.2, 0.25) is 0 Å². The van der Waals surface area contributed by atoms with Gasteiger partial charge in [0.15, 0.2) is 0 Å². The van der Waals surface area contributed by atoms with Gasteiger partial charge in [-0.05, 0) is 64.0 Å². The summed E-state index contributed by atoms with van der Waals surface area (Å²) in [6, 6.07) is 11.5. The van der Waals surface area contributed by atoms with Gasteiger partial charge in [0.2, 0.25) is 5.95 Å². The molecule has 0 saturated heterocycles. The van der Waals surface area contributed by atoms with Crippen molar-refractivity contribution < 1.29 is 18.3 Å². The molecular formula is C33H40N6O4S2. The molecule has 0 bridgehead atoms. The smallest absolute Gasteiger partial charge is 0.225 e. The van der Waals surface area contributed by atoms with E-state index in [0.717, 1.165) is 63.4 Å². The van der Waals surface area contributed by atoms with E-state index in [0.29, 0.717) is 30.1 Å². The molecule has 1 aromatic carbocycles. The van der Waals surface area contributed by atoms with Crippen molar-refractivity contribution in [1.29, 1.82) is 0 Å². The van der Waals surface area contributed by atoms with Crippen molar-refractivity contribution in [3.05, 3.63) is 59.5 Å². The number of anilines is 2. The van der Waals surface area contributed by atoms with E-state index < -0.39 is 33.5 Å². The molecule has 3 aliphatic carbocycles. The van der Waals surface area contributed by atoms with Crippen molar-refractivity contribution in [2.45, 2.75) is 88.7 Å². The van der Waals surface area contributed by atoms with E-state index in [9.17, 15) is 13.5 Å². The van der Waals surface area contributed by atoms with Gasteiger partial charge in [-0.3, -0.25) is 4.98 Å². The van der Waals surface area contributed by atoms with E-state index in [1.807, 2.05) is 49.5 Å². The number of aromatic nitrogens is 4. The van der Waals surface area contributed by atoms with Crippen molar-refractivity contribution in [3.63, 3.8) is 0 Å². The predicted octanol–water partition coefficient (Wildman–Crippen LogP) is 5.48. The fourth-order valence-electron chi connectivity index (χ4n) is 6.69. The van der Waals surface area contributed by atoms with Gasteiger partial charge in [-0.2, -0.15) is 4.98 Å². The number of benzene rings is 1. The summed E-state index contributed by atoms with van der Waals surface area (Å²) in [5.74, 6) is 1.06. The first-order valence-electron chi connectivity index (χ1n) is 15.8. The highest BCUT2D eigenvalue weighted by Crippen LogP contribution is 2.46. The van der Waals surface area contributed by atoms with Crippen LogP contribution in [0.4, 0.5) is 11.8 Å². The summed E-state index contributed by atoms with van der Waals surface area (Å²) < 4.78 is 32.4. The maximum Gasteiger partial charge on any atom is 0.225 e. The summed E-state index contributed by atoms with van der Waals surface area (Å²) in [5, 5.41) is 19.9. The summed E-state index contributed by atoms with van der Waals surface area (Å²) in [7, 11) is -3.33. The Morgan fingerprint density at radius 3 is 2.53 bits per heavy atom. The molecule has 12 heteroatoms. The van der Waals surface area contributed by atoms with Crippen molar-refractivity contribution in [2.75, 3.05) is 22.6 Å². The lowest BCUT2D eigenvalue weighted by Crippen LogP contribution is -2.49. The van der Waals surface area contributed by atoms with Crippen LogP contribution in [0.1, 0.15) is 68.3 Å². The van der Waals surface area contributed by atoms with Crippen molar-refractivity contribution in [1.82, 2.24) is 19.9 Å². The molecule has 0 spiro atoms. The fourth-order valence-corrected chi connectivity index (χ4v) is 8.85. The highest BCUT2D eigenvalue weighted by molar-refractivity contribution is 7.90. The Balaban J connectivity index is 1.25. The molecule has 0 amide bonds. The van der Waals surface area contributed by atoms with E-state index in [1.54, 1.807) is 18.3 Å². The molecule has 3 aliphatic rings. The Morgan fingerprint density at radius 1 is 1.07 bits per heavy atom. The van der Waals surface area contributed by atoms with Crippen molar-refractivity contribution in [2.24, 2.45) is 5.92 Å². The first kappa shape index (κ1) is 30.5. The number of rotatable bonds is 11. The number of ether oxygens (including phenoxy) is 1. The average molecular weight is 649 g/mol. The zero-order chi connectivity index (χ0) is 31.3. The lowest BCUT2D eigenvalue weighted by atomic mass is 9.93. The lowest BCUT2D eigenvalue weighted by Gasteiger charge is -2.33. The largest absolute Gasteiger partial charge is 0.385 e. The minimum atomic E-state index is -3.33. The molecule has 3 heterocycles. The molecule has 10 nitrogen and oxygen atoms in total. The number of fused-ring (bicyclic) bond motifs is 1. The quantitative estimate of drug-likeness (QED) is 0.192. The number of aliphatic hydroxyl groups is 1. The van der Waals surface area contributed by atoms with Crippen molar-refractivity contribution in [3.8, 4) is 10.6 Å². The van der Waals surface area contributed by atoms with Crippen LogP contribution < -0.4 is 10.6 Å². The van der Waals surface area contributed by atoms with Crippen LogP contribution in [0.25, 0.3) is 20.8 Å². The molecule has 0 radical (unpaired) electrons.